The van der Waals surface area contributed by atoms with Gasteiger partial charge in [-0.15, -0.1) is 11.3 Å². The SMILES string of the molecule is Cc1ccc(-c2cc(NC(=O)C3CCNCC3)n[nH]2)s1.O=C(O)C(F)(F)F. The van der Waals surface area contributed by atoms with Crippen LogP contribution in [0.25, 0.3) is 10.6 Å². The van der Waals surface area contributed by atoms with Gasteiger partial charge in [0.15, 0.2) is 5.82 Å². The maximum absolute atomic E-state index is 12.1. The van der Waals surface area contributed by atoms with Gasteiger partial charge in [0.05, 0.1) is 10.6 Å². The van der Waals surface area contributed by atoms with Crippen LogP contribution in [-0.4, -0.2) is 46.4 Å². The van der Waals surface area contributed by atoms with Crippen LogP contribution in [-0.2, 0) is 9.59 Å². The molecule has 0 spiro atoms. The number of hydrogen-bond acceptors (Lipinski definition) is 5. The molecule has 7 nitrogen and oxygen atoms in total. The van der Waals surface area contributed by atoms with Crippen molar-refractivity contribution in [3.05, 3.63) is 23.1 Å². The molecule has 0 saturated carbocycles. The lowest BCUT2D eigenvalue weighted by atomic mass is 9.97. The Hall–Kier alpha value is -2.40. The molecule has 1 fully saturated rings. The quantitative estimate of drug-likeness (QED) is 0.629. The van der Waals surface area contributed by atoms with Crippen molar-refractivity contribution in [2.75, 3.05) is 18.4 Å². The maximum atomic E-state index is 12.1. The molecule has 11 heteroatoms. The highest BCUT2D eigenvalue weighted by Crippen LogP contribution is 2.27. The normalized spacial score (nSPS) is 15.0. The van der Waals surface area contributed by atoms with Gasteiger partial charge in [-0.3, -0.25) is 9.89 Å². The number of H-pyrrole nitrogens is 1. The molecular formula is C16H19F3N4O3S. The van der Waals surface area contributed by atoms with Crippen LogP contribution in [0, 0.1) is 12.8 Å². The fourth-order valence-electron chi connectivity index (χ4n) is 2.40. The number of carboxylic acids is 1. The third-order valence-electron chi connectivity index (χ3n) is 3.79. The number of aromatic nitrogens is 2. The molecule has 4 N–H and O–H groups in total. The molecule has 0 aromatic carbocycles. The molecule has 0 atom stereocenters. The highest BCUT2D eigenvalue weighted by Gasteiger charge is 2.38. The number of thiophene rings is 1. The molecule has 0 aliphatic carbocycles. The molecule has 148 valence electrons. The van der Waals surface area contributed by atoms with Crippen LogP contribution in [0.4, 0.5) is 19.0 Å². The van der Waals surface area contributed by atoms with Crippen LogP contribution in [0.15, 0.2) is 18.2 Å². The van der Waals surface area contributed by atoms with Crippen LogP contribution in [0.3, 0.4) is 0 Å². The van der Waals surface area contributed by atoms with Crippen molar-refractivity contribution in [2.24, 2.45) is 5.92 Å². The van der Waals surface area contributed by atoms with Gasteiger partial charge in [-0.05, 0) is 45.0 Å². The summed E-state index contributed by atoms with van der Waals surface area (Å²) in [4.78, 5) is 23.4. The van der Waals surface area contributed by atoms with E-state index in [0.29, 0.717) is 5.82 Å². The lowest BCUT2D eigenvalue weighted by molar-refractivity contribution is -0.192. The van der Waals surface area contributed by atoms with Crippen molar-refractivity contribution in [3.63, 3.8) is 0 Å². The van der Waals surface area contributed by atoms with Gasteiger partial charge >= 0.3 is 12.1 Å². The second-order valence-electron chi connectivity index (χ2n) is 5.89. The van der Waals surface area contributed by atoms with Gasteiger partial charge in [0.2, 0.25) is 5.91 Å². The number of nitrogens with one attached hydrogen (secondary N) is 3. The number of halogens is 3. The van der Waals surface area contributed by atoms with Gasteiger partial charge < -0.3 is 15.7 Å². The molecular weight excluding hydrogens is 385 g/mol. The van der Waals surface area contributed by atoms with Crippen molar-refractivity contribution < 1.29 is 27.9 Å². The minimum Gasteiger partial charge on any atom is -0.475 e. The standard InChI is InChI=1S/C14H18N4OS.C2HF3O2/c1-9-2-3-12(20-9)11-8-13(18-17-11)16-14(19)10-4-6-15-7-5-10;3-2(4,5)1(6)7/h2-3,8,10,15H,4-7H2,1H3,(H2,16,17,18,19);(H,6,7). The van der Waals surface area contributed by atoms with Gasteiger partial charge in [0.1, 0.15) is 0 Å². The first-order valence-electron chi connectivity index (χ1n) is 8.10. The van der Waals surface area contributed by atoms with E-state index in [1.807, 2.05) is 6.07 Å². The number of nitrogens with zero attached hydrogens (tertiary/aromatic N) is 1. The van der Waals surface area contributed by atoms with Crippen molar-refractivity contribution in [1.82, 2.24) is 15.5 Å². The van der Waals surface area contributed by atoms with E-state index in [4.69, 9.17) is 9.90 Å². The van der Waals surface area contributed by atoms with E-state index in [-0.39, 0.29) is 11.8 Å². The Balaban J connectivity index is 0.000000321. The Morgan fingerprint density at radius 3 is 2.44 bits per heavy atom. The zero-order valence-corrected chi connectivity index (χ0v) is 15.2. The number of carboxylic acid groups (broad SMARTS) is 1. The van der Waals surface area contributed by atoms with E-state index in [1.165, 1.54) is 4.88 Å². The number of rotatable bonds is 3. The summed E-state index contributed by atoms with van der Waals surface area (Å²) < 4.78 is 31.7. The first-order valence-corrected chi connectivity index (χ1v) is 8.92. The largest absolute Gasteiger partial charge is 0.490 e. The summed E-state index contributed by atoms with van der Waals surface area (Å²) in [6.07, 6.45) is -3.29. The van der Waals surface area contributed by atoms with Crippen molar-refractivity contribution in [1.29, 1.82) is 0 Å². The lowest BCUT2D eigenvalue weighted by Gasteiger charge is -2.21. The van der Waals surface area contributed by atoms with Crippen LogP contribution in [0.2, 0.25) is 0 Å². The first kappa shape index (κ1) is 20.9. The monoisotopic (exact) mass is 404 g/mol. The highest BCUT2D eigenvalue weighted by molar-refractivity contribution is 7.15. The summed E-state index contributed by atoms with van der Waals surface area (Å²) in [7, 11) is 0. The number of aryl methyl sites for hydroxylation is 1. The molecule has 0 radical (unpaired) electrons. The number of alkyl halides is 3. The third kappa shape index (κ3) is 6.36. The summed E-state index contributed by atoms with van der Waals surface area (Å²) in [6.45, 7) is 3.90. The summed E-state index contributed by atoms with van der Waals surface area (Å²) in [5.41, 5.74) is 0.948. The molecule has 1 amide bonds. The van der Waals surface area contributed by atoms with Crippen molar-refractivity contribution in [2.45, 2.75) is 25.9 Å². The Morgan fingerprint density at radius 1 is 1.30 bits per heavy atom. The van der Waals surface area contributed by atoms with Crippen LogP contribution in [0.1, 0.15) is 17.7 Å². The Bertz CT molecular complexity index is 782. The molecule has 2 aromatic heterocycles. The summed E-state index contributed by atoms with van der Waals surface area (Å²) >= 11 is 1.71. The Kier molecular flexibility index (Phi) is 6.97. The van der Waals surface area contributed by atoms with Crippen molar-refractivity contribution >= 4 is 29.0 Å². The van der Waals surface area contributed by atoms with Crippen molar-refractivity contribution in [3.8, 4) is 10.6 Å². The molecule has 1 aliphatic rings. The second-order valence-corrected chi connectivity index (χ2v) is 7.18. The van der Waals surface area contributed by atoms with E-state index in [1.54, 1.807) is 11.3 Å². The Morgan fingerprint density at radius 2 is 1.93 bits per heavy atom. The molecule has 0 unspecified atom stereocenters. The summed E-state index contributed by atoms with van der Waals surface area (Å²) in [5.74, 6) is -1.98. The lowest BCUT2D eigenvalue weighted by Crippen LogP contribution is -2.34. The van der Waals surface area contributed by atoms with Gasteiger partial charge in [-0.25, -0.2) is 4.79 Å². The van der Waals surface area contributed by atoms with E-state index in [2.05, 4.69) is 39.9 Å². The van der Waals surface area contributed by atoms with Gasteiger partial charge in [-0.2, -0.15) is 18.3 Å². The van der Waals surface area contributed by atoms with Crippen LogP contribution >= 0.6 is 11.3 Å². The van der Waals surface area contributed by atoms with E-state index < -0.39 is 12.1 Å². The second kappa shape index (κ2) is 9.00. The van der Waals surface area contributed by atoms with Gasteiger partial charge in [-0.1, -0.05) is 0 Å². The van der Waals surface area contributed by atoms with E-state index in [9.17, 15) is 18.0 Å². The number of anilines is 1. The van der Waals surface area contributed by atoms with Gasteiger partial charge in [0.25, 0.3) is 0 Å². The average molecular weight is 404 g/mol. The predicted octanol–water partition coefficient (Wildman–Crippen LogP) is 3.02. The molecule has 2 aromatic rings. The van der Waals surface area contributed by atoms with E-state index in [0.717, 1.165) is 36.5 Å². The van der Waals surface area contributed by atoms with Crippen LogP contribution < -0.4 is 10.6 Å². The molecule has 3 rings (SSSR count). The third-order valence-corrected chi connectivity index (χ3v) is 4.82. The minimum absolute atomic E-state index is 0.0758. The fourth-order valence-corrected chi connectivity index (χ4v) is 3.24. The average Bonchev–Trinajstić information content (AvgIpc) is 3.24. The number of hydrogen-bond donors (Lipinski definition) is 4. The molecule has 0 bridgehead atoms. The predicted molar refractivity (Wildman–Crippen MR) is 94.6 cm³/mol. The zero-order valence-electron chi connectivity index (χ0n) is 14.4. The van der Waals surface area contributed by atoms with E-state index >= 15 is 0 Å². The number of aromatic amines is 1. The molecule has 1 aliphatic heterocycles. The summed E-state index contributed by atoms with van der Waals surface area (Å²) in [6, 6.07) is 6.03. The minimum atomic E-state index is -5.08. The smallest absolute Gasteiger partial charge is 0.475 e. The fraction of sp³-hybridized carbons (Fsp3) is 0.438. The van der Waals surface area contributed by atoms with Crippen LogP contribution in [0.5, 0.6) is 0 Å². The highest BCUT2D eigenvalue weighted by atomic mass is 32.1. The van der Waals surface area contributed by atoms with Gasteiger partial charge in [0, 0.05) is 16.9 Å². The first-order chi connectivity index (χ1) is 12.7. The number of piperidine rings is 1. The zero-order chi connectivity index (χ0) is 20.0. The number of amides is 1. The molecule has 3 heterocycles. The molecule has 27 heavy (non-hydrogen) atoms. The summed E-state index contributed by atoms with van der Waals surface area (Å²) in [5, 5.41) is 20.4. The Labute approximate surface area is 157 Å². The molecule has 1 saturated heterocycles. The topological polar surface area (TPSA) is 107 Å². The number of carbonyl (C=O) groups is 2. The maximum Gasteiger partial charge on any atom is 0.490 e. The number of carbonyl (C=O) groups excluding carboxylic acids is 1. The number of aliphatic carboxylic acids is 1.